The average molecular weight is 314 g/mol. The number of carbonyl (C=O) groups excluding carboxylic acids is 1. The van der Waals surface area contributed by atoms with Gasteiger partial charge in [0.1, 0.15) is 0 Å². The molecule has 6 heteroatoms. The van der Waals surface area contributed by atoms with Crippen LogP contribution >= 0.6 is 0 Å². The molecular formula is C16H21F3N2O. The van der Waals surface area contributed by atoms with Gasteiger partial charge in [-0.15, -0.1) is 0 Å². The van der Waals surface area contributed by atoms with E-state index >= 15 is 0 Å². The van der Waals surface area contributed by atoms with Crippen molar-refractivity contribution in [2.75, 3.05) is 13.1 Å². The molecule has 0 aliphatic carbocycles. The Kier molecular flexibility index (Phi) is 4.90. The lowest BCUT2D eigenvalue weighted by molar-refractivity contribution is -0.137. The monoisotopic (exact) mass is 314 g/mol. The summed E-state index contributed by atoms with van der Waals surface area (Å²) in [5.41, 5.74) is -1.02. The van der Waals surface area contributed by atoms with Gasteiger partial charge in [-0.1, -0.05) is 6.42 Å². The van der Waals surface area contributed by atoms with Crippen molar-refractivity contribution >= 4 is 5.78 Å². The number of pyridine rings is 1. The summed E-state index contributed by atoms with van der Waals surface area (Å²) in [6.45, 7) is 5.54. The van der Waals surface area contributed by atoms with Crippen LogP contribution in [-0.2, 0) is 17.4 Å². The molecule has 2 heterocycles. The molecule has 0 aromatic carbocycles. The summed E-state index contributed by atoms with van der Waals surface area (Å²) in [6.07, 6.45) is -0.216. The molecule has 0 N–H and O–H groups in total. The van der Waals surface area contributed by atoms with Crippen LogP contribution in [0.1, 0.15) is 44.4 Å². The van der Waals surface area contributed by atoms with E-state index < -0.39 is 17.3 Å². The molecule has 0 saturated carbocycles. The van der Waals surface area contributed by atoms with Gasteiger partial charge < -0.3 is 0 Å². The number of carbonyl (C=O) groups is 1. The number of likely N-dealkylation sites (tertiary alicyclic amines) is 1. The SMILES string of the molecule is CC(C)(C(=O)Cc1ccc(C(F)(F)F)cn1)N1CCCCC1. The van der Waals surface area contributed by atoms with Gasteiger partial charge in [-0.2, -0.15) is 13.2 Å². The number of halogens is 3. The van der Waals surface area contributed by atoms with Gasteiger partial charge in [-0.3, -0.25) is 14.7 Å². The Labute approximate surface area is 128 Å². The first-order valence-electron chi connectivity index (χ1n) is 7.52. The van der Waals surface area contributed by atoms with Gasteiger partial charge in [0.2, 0.25) is 0 Å². The average Bonchev–Trinajstić information content (AvgIpc) is 2.47. The minimum absolute atomic E-state index is 0.0124. The van der Waals surface area contributed by atoms with Crippen molar-refractivity contribution in [2.45, 2.75) is 51.2 Å². The Bertz CT molecular complexity index is 517. The quantitative estimate of drug-likeness (QED) is 0.853. The van der Waals surface area contributed by atoms with Crippen molar-refractivity contribution < 1.29 is 18.0 Å². The van der Waals surface area contributed by atoms with E-state index in [2.05, 4.69) is 9.88 Å². The van der Waals surface area contributed by atoms with E-state index in [0.717, 1.165) is 38.2 Å². The van der Waals surface area contributed by atoms with Crippen molar-refractivity contribution in [1.82, 2.24) is 9.88 Å². The molecule has 2 rings (SSSR count). The molecule has 0 radical (unpaired) electrons. The third-order valence-corrected chi connectivity index (χ3v) is 4.32. The maximum atomic E-state index is 12.5. The van der Waals surface area contributed by atoms with Gasteiger partial charge in [0.25, 0.3) is 0 Å². The number of hydrogen-bond donors (Lipinski definition) is 0. The number of rotatable bonds is 4. The molecule has 1 aromatic rings. The molecule has 0 atom stereocenters. The molecule has 0 bridgehead atoms. The number of ketones is 1. The summed E-state index contributed by atoms with van der Waals surface area (Å²) in [5, 5.41) is 0. The first kappa shape index (κ1) is 16.9. The van der Waals surface area contributed by atoms with Crippen LogP contribution in [0.5, 0.6) is 0 Å². The van der Waals surface area contributed by atoms with Gasteiger partial charge in [-0.05, 0) is 51.9 Å². The van der Waals surface area contributed by atoms with Crippen LogP contribution in [0.2, 0.25) is 0 Å². The largest absolute Gasteiger partial charge is 0.417 e. The Morgan fingerprint density at radius 3 is 2.32 bits per heavy atom. The van der Waals surface area contributed by atoms with Gasteiger partial charge in [0.05, 0.1) is 17.5 Å². The molecule has 1 aliphatic heterocycles. The number of aromatic nitrogens is 1. The third-order valence-electron chi connectivity index (χ3n) is 4.32. The van der Waals surface area contributed by atoms with Crippen molar-refractivity contribution in [3.8, 4) is 0 Å². The predicted octanol–water partition coefficient (Wildman–Crippen LogP) is 3.48. The Hall–Kier alpha value is -1.43. The van der Waals surface area contributed by atoms with Gasteiger partial charge in [0, 0.05) is 11.9 Å². The fourth-order valence-corrected chi connectivity index (χ4v) is 2.71. The van der Waals surface area contributed by atoms with Crippen LogP contribution in [-0.4, -0.2) is 34.3 Å². The van der Waals surface area contributed by atoms with E-state index in [0.29, 0.717) is 5.69 Å². The molecule has 22 heavy (non-hydrogen) atoms. The topological polar surface area (TPSA) is 33.2 Å². The minimum Gasteiger partial charge on any atom is -0.297 e. The van der Waals surface area contributed by atoms with Crippen LogP contribution < -0.4 is 0 Å². The Morgan fingerprint density at radius 2 is 1.82 bits per heavy atom. The fourth-order valence-electron chi connectivity index (χ4n) is 2.71. The maximum Gasteiger partial charge on any atom is 0.417 e. The molecule has 0 spiro atoms. The van der Waals surface area contributed by atoms with E-state index in [9.17, 15) is 18.0 Å². The van der Waals surface area contributed by atoms with Crippen molar-refractivity contribution in [2.24, 2.45) is 0 Å². The number of piperidine rings is 1. The first-order chi connectivity index (χ1) is 10.2. The van der Waals surface area contributed by atoms with Crippen LogP contribution in [0.25, 0.3) is 0 Å². The highest BCUT2D eigenvalue weighted by atomic mass is 19.4. The van der Waals surface area contributed by atoms with Gasteiger partial charge >= 0.3 is 6.18 Å². The van der Waals surface area contributed by atoms with Gasteiger partial charge in [0.15, 0.2) is 5.78 Å². The standard InChI is InChI=1S/C16H21F3N2O/c1-15(2,21-8-4-3-5-9-21)14(22)10-13-7-6-12(11-20-13)16(17,18)19/h6-7,11H,3-5,8-10H2,1-2H3. The molecule has 1 aliphatic rings. The Morgan fingerprint density at radius 1 is 1.18 bits per heavy atom. The second-order valence-corrected chi connectivity index (χ2v) is 6.24. The minimum atomic E-state index is -4.40. The molecule has 0 unspecified atom stereocenters. The van der Waals surface area contributed by atoms with Crippen LogP contribution in [0.15, 0.2) is 18.3 Å². The van der Waals surface area contributed by atoms with Crippen LogP contribution in [0.3, 0.4) is 0 Å². The zero-order chi connectivity index (χ0) is 16.4. The molecule has 3 nitrogen and oxygen atoms in total. The molecular weight excluding hydrogens is 293 g/mol. The molecule has 1 fully saturated rings. The van der Waals surface area contributed by atoms with Crippen molar-refractivity contribution in [1.29, 1.82) is 0 Å². The van der Waals surface area contributed by atoms with Crippen LogP contribution in [0.4, 0.5) is 13.2 Å². The van der Waals surface area contributed by atoms with Gasteiger partial charge in [-0.25, -0.2) is 0 Å². The lowest BCUT2D eigenvalue weighted by Gasteiger charge is -2.39. The van der Waals surface area contributed by atoms with Crippen LogP contribution in [0, 0.1) is 0 Å². The molecule has 1 aromatic heterocycles. The fraction of sp³-hybridized carbons (Fsp3) is 0.625. The summed E-state index contributed by atoms with van der Waals surface area (Å²) in [4.78, 5) is 18.5. The zero-order valence-corrected chi connectivity index (χ0v) is 12.9. The second-order valence-electron chi connectivity index (χ2n) is 6.24. The summed E-state index contributed by atoms with van der Waals surface area (Å²) in [7, 11) is 0. The lowest BCUT2D eigenvalue weighted by atomic mass is 9.91. The highest BCUT2D eigenvalue weighted by Crippen LogP contribution is 2.28. The summed E-state index contributed by atoms with van der Waals surface area (Å²) >= 11 is 0. The Balaban J connectivity index is 2.04. The highest BCUT2D eigenvalue weighted by molar-refractivity contribution is 5.89. The maximum absolute atomic E-state index is 12.5. The summed E-state index contributed by atoms with van der Waals surface area (Å²) in [5.74, 6) is -0.0124. The van der Waals surface area contributed by atoms with Crippen molar-refractivity contribution in [3.63, 3.8) is 0 Å². The van der Waals surface area contributed by atoms with E-state index in [4.69, 9.17) is 0 Å². The number of nitrogens with zero attached hydrogens (tertiary/aromatic N) is 2. The third kappa shape index (κ3) is 3.85. The predicted molar refractivity (Wildman–Crippen MR) is 77.5 cm³/mol. The van der Waals surface area contributed by atoms with E-state index in [1.54, 1.807) is 0 Å². The van der Waals surface area contributed by atoms with E-state index in [-0.39, 0.29) is 12.2 Å². The van der Waals surface area contributed by atoms with E-state index in [1.807, 2.05) is 13.8 Å². The van der Waals surface area contributed by atoms with Crippen molar-refractivity contribution in [3.05, 3.63) is 29.6 Å². The molecule has 122 valence electrons. The van der Waals surface area contributed by atoms with E-state index in [1.165, 1.54) is 12.5 Å². The summed E-state index contributed by atoms with van der Waals surface area (Å²) in [6, 6.07) is 2.26. The second kappa shape index (κ2) is 6.36. The number of hydrogen-bond acceptors (Lipinski definition) is 3. The normalized spacial score (nSPS) is 17.5. The first-order valence-corrected chi connectivity index (χ1v) is 7.52. The summed E-state index contributed by atoms with van der Waals surface area (Å²) < 4.78 is 37.5. The molecule has 0 amide bonds. The smallest absolute Gasteiger partial charge is 0.297 e. The highest BCUT2D eigenvalue weighted by Gasteiger charge is 2.35. The zero-order valence-electron chi connectivity index (χ0n) is 12.9. The number of Topliss-reactive ketones (excluding diaryl/α,β-unsaturated/α-hetero) is 1. The molecule has 1 saturated heterocycles. The lowest BCUT2D eigenvalue weighted by Crippen LogP contribution is -2.52. The number of alkyl halides is 3.